The van der Waals surface area contributed by atoms with Crippen LogP contribution in [0.3, 0.4) is 0 Å². The van der Waals surface area contributed by atoms with Gasteiger partial charge in [0.05, 0.1) is 4.47 Å². The van der Waals surface area contributed by atoms with Crippen molar-refractivity contribution < 1.29 is 9.18 Å². The highest BCUT2D eigenvalue weighted by Gasteiger charge is 2.08. The predicted octanol–water partition coefficient (Wildman–Crippen LogP) is 2.97. The van der Waals surface area contributed by atoms with Gasteiger partial charge in [0.25, 0.3) is 5.91 Å². The number of hydrogen-bond donors (Lipinski definition) is 1. The molecule has 0 fully saturated rings. The van der Waals surface area contributed by atoms with Crippen LogP contribution in [0.1, 0.15) is 24.2 Å². The molecule has 4 heteroatoms. The molecule has 0 radical (unpaired) electrons. The summed E-state index contributed by atoms with van der Waals surface area (Å²) in [5.41, 5.74) is 0.344. The minimum Gasteiger partial charge on any atom is -0.352 e. The first-order chi connectivity index (χ1) is 7.00. The Labute approximate surface area is 97.0 Å². The molecule has 82 valence electrons. The summed E-state index contributed by atoms with van der Waals surface area (Å²) >= 11 is 3.03. The van der Waals surface area contributed by atoms with Crippen molar-refractivity contribution in [2.75, 3.05) is 6.54 Å². The molecule has 0 aromatic heterocycles. The van der Waals surface area contributed by atoms with Crippen LogP contribution in [0.4, 0.5) is 4.39 Å². The molecule has 1 rings (SSSR count). The predicted molar refractivity (Wildman–Crippen MR) is 61.3 cm³/mol. The van der Waals surface area contributed by atoms with E-state index in [1.807, 2.05) is 13.8 Å². The van der Waals surface area contributed by atoms with E-state index in [9.17, 15) is 9.18 Å². The monoisotopic (exact) mass is 273 g/mol. The van der Waals surface area contributed by atoms with E-state index < -0.39 is 5.82 Å². The van der Waals surface area contributed by atoms with E-state index in [1.54, 1.807) is 6.07 Å². The minimum absolute atomic E-state index is 0.241. The highest BCUT2D eigenvalue weighted by atomic mass is 79.9. The lowest BCUT2D eigenvalue weighted by molar-refractivity contribution is 0.0948. The molecular weight excluding hydrogens is 261 g/mol. The van der Waals surface area contributed by atoms with E-state index in [4.69, 9.17) is 0 Å². The van der Waals surface area contributed by atoms with Crippen molar-refractivity contribution in [3.8, 4) is 0 Å². The van der Waals surface area contributed by atoms with Gasteiger partial charge in [0.15, 0.2) is 0 Å². The Morgan fingerprint density at radius 2 is 2.20 bits per heavy atom. The molecule has 0 heterocycles. The van der Waals surface area contributed by atoms with Crippen LogP contribution in [0.5, 0.6) is 0 Å². The first-order valence-corrected chi connectivity index (χ1v) is 5.53. The number of carbonyl (C=O) groups is 1. The second-order valence-electron chi connectivity index (χ2n) is 3.73. The quantitative estimate of drug-likeness (QED) is 0.902. The molecule has 0 aliphatic rings. The second kappa shape index (κ2) is 5.26. The minimum atomic E-state index is -0.424. The molecule has 0 spiro atoms. The fourth-order valence-corrected chi connectivity index (χ4v) is 1.28. The Hall–Kier alpha value is -0.900. The van der Waals surface area contributed by atoms with Gasteiger partial charge in [-0.2, -0.15) is 0 Å². The third kappa shape index (κ3) is 3.63. The summed E-state index contributed by atoms with van der Waals surface area (Å²) in [6.07, 6.45) is 0. The largest absolute Gasteiger partial charge is 0.352 e. The summed E-state index contributed by atoms with van der Waals surface area (Å²) in [5.74, 6) is -0.281. The molecule has 0 bridgehead atoms. The molecule has 2 nitrogen and oxygen atoms in total. The van der Waals surface area contributed by atoms with Crippen molar-refractivity contribution in [2.24, 2.45) is 5.92 Å². The third-order valence-electron chi connectivity index (χ3n) is 1.85. The van der Waals surface area contributed by atoms with Gasteiger partial charge in [0, 0.05) is 12.1 Å². The lowest BCUT2D eigenvalue weighted by Crippen LogP contribution is -2.27. The van der Waals surface area contributed by atoms with E-state index >= 15 is 0 Å². The molecule has 0 saturated carbocycles. The number of hydrogen-bond acceptors (Lipinski definition) is 1. The van der Waals surface area contributed by atoms with Crippen molar-refractivity contribution >= 4 is 21.8 Å². The van der Waals surface area contributed by atoms with Gasteiger partial charge in [-0.05, 0) is 40.0 Å². The van der Waals surface area contributed by atoms with Crippen LogP contribution in [0.15, 0.2) is 22.7 Å². The summed E-state index contributed by atoms with van der Waals surface area (Å²) in [7, 11) is 0. The summed E-state index contributed by atoms with van der Waals surface area (Å²) in [6.45, 7) is 4.60. The second-order valence-corrected chi connectivity index (χ2v) is 4.59. The zero-order chi connectivity index (χ0) is 11.4. The summed E-state index contributed by atoms with van der Waals surface area (Å²) < 4.78 is 13.5. The molecule has 0 aliphatic carbocycles. The highest BCUT2D eigenvalue weighted by molar-refractivity contribution is 9.10. The fraction of sp³-hybridized carbons (Fsp3) is 0.364. The van der Waals surface area contributed by atoms with E-state index in [0.29, 0.717) is 22.5 Å². The first-order valence-electron chi connectivity index (χ1n) is 4.74. The maximum absolute atomic E-state index is 13.1. The van der Waals surface area contributed by atoms with Crippen LogP contribution in [0, 0.1) is 11.7 Å². The van der Waals surface area contributed by atoms with Gasteiger partial charge in [-0.15, -0.1) is 0 Å². The molecule has 1 aromatic carbocycles. The summed E-state index contributed by atoms with van der Waals surface area (Å²) in [5, 5.41) is 2.72. The Balaban J connectivity index is 2.70. The first kappa shape index (κ1) is 12.2. The number of amides is 1. The van der Waals surface area contributed by atoms with Gasteiger partial charge in [-0.25, -0.2) is 4.39 Å². The molecule has 0 atom stereocenters. The number of nitrogens with one attached hydrogen (secondary N) is 1. The van der Waals surface area contributed by atoms with E-state index in [-0.39, 0.29) is 5.91 Å². The third-order valence-corrected chi connectivity index (χ3v) is 2.50. The lowest BCUT2D eigenvalue weighted by atomic mass is 10.2. The molecular formula is C11H13BrFNO. The number of halogens is 2. The van der Waals surface area contributed by atoms with E-state index in [0.717, 1.165) is 0 Å². The normalized spacial score (nSPS) is 10.5. The number of benzene rings is 1. The average Bonchev–Trinajstić information content (AvgIpc) is 2.18. The standard InChI is InChI=1S/C11H13BrFNO/c1-7(2)6-14-11(15)8-3-4-9(12)10(13)5-8/h3-5,7H,6H2,1-2H3,(H,14,15). The lowest BCUT2D eigenvalue weighted by Gasteiger charge is -2.07. The topological polar surface area (TPSA) is 29.1 Å². The van der Waals surface area contributed by atoms with Crippen LogP contribution in [0.2, 0.25) is 0 Å². The van der Waals surface area contributed by atoms with E-state index in [2.05, 4.69) is 21.2 Å². The van der Waals surface area contributed by atoms with Crippen LogP contribution >= 0.6 is 15.9 Å². The number of rotatable bonds is 3. The van der Waals surface area contributed by atoms with Crippen molar-refractivity contribution in [3.05, 3.63) is 34.1 Å². The van der Waals surface area contributed by atoms with Crippen LogP contribution in [-0.2, 0) is 0 Å². The Morgan fingerprint density at radius 1 is 1.53 bits per heavy atom. The fourth-order valence-electron chi connectivity index (χ4n) is 1.04. The zero-order valence-corrected chi connectivity index (χ0v) is 10.3. The van der Waals surface area contributed by atoms with Crippen LogP contribution in [0.25, 0.3) is 0 Å². The molecule has 1 amide bonds. The van der Waals surface area contributed by atoms with Gasteiger partial charge in [-0.3, -0.25) is 4.79 Å². The van der Waals surface area contributed by atoms with Gasteiger partial charge >= 0.3 is 0 Å². The Kier molecular flexibility index (Phi) is 4.27. The molecule has 0 unspecified atom stereocenters. The van der Waals surface area contributed by atoms with Crippen LogP contribution in [-0.4, -0.2) is 12.5 Å². The number of carbonyl (C=O) groups excluding carboxylic acids is 1. The van der Waals surface area contributed by atoms with Crippen molar-refractivity contribution in [3.63, 3.8) is 0 Å². The summed E-state index contributed by atoms with van der Waals surface area (Å²) in [4.78, 5) is 11.5. The molecule has 15 heavy (non-hydrogen) atoms. The zero-order valence-electron chi connectivity index (χ0n) is 8.68. The highest BCUT2D eigenvalue weighted by Crippen LogP contribution is 2.16. The maximum atomic E-state index is 13.1. The average molecular weight is 274 g/mol. The Bertz CT molecular complexity index is 366. The SMILES string of the molecule is CC(C)CNC(=O)c1ccc(Br)c(F)c1. The van der Waals surface area contributed by atoms with Crippen molar-refractivity contribution in [2.45, 2.75) is 13.8 Å². The maximum Gasteiger partial charge on any atom is 0.251 e. The van der Waals surface area contributed by atoms with Gasteiger partial charge in [0.2, 0.25) is 0 Å². The molecule has 1 N–H and O–H groups in total. The Morgan fingerprint density at radius 3 is 2.73 bits per heavy atom. The van der Waals surface area contributed by atoms with Gasteiger partial charge in [-0.1, -0.05) is 13.8 Å². The smallest absolute Gasteiger partial charge is 0.251 e. The molecule has 1 aromatic rings. The van der Waals surface area contributed by atoms with Gasteiger partial charge < -0.3 is 5.32 Å². The van der Waals surface area contributed by atoms with E-state index in [1.165, 1.54) is 12.1 Å². The molecule has 0 saturated heterocycles. The van der Waals surface area contributed by atoms with Gasteiger partial charge in [0.1, 0.15) is 5.82 Å². The van der Waals surface area contributed by atoms with Crippen LogP contribution < -0.4 is 5.32 Å². The summed E-state index contributed by atoms with van der Waals surface area (Å²) in [6, 6.07) is 4.34. The van der Waals surface area contributed by atoms with Crippen molar-refractivity contribution in [1.82, 2.24) is 5.32 Å². The van der Waals surface area contributed by atoms with Crippen molar-refractivity contribution in [1.29, 1.82) is 0 Å². The molecule has 0 aliphatic heterocycles.